The Balaban J connectivity index is 0.00000364. The number of hydrogen-bond donors (Lipinski definition) is 3. The molecule has 1 aromatic rings. The van der Waals surface area contributed by atoms with Crippen LogP contribution in [0.25, 0.3) is 0 Å². The van der Waals surface area contributed by atoms with E-state index in [-0.39, 0.29) is 29.7 Å². The van der Waals surface area contributed by atoms with Crippen molar-refractivity contribution >= 4 is 29.9 Å². The Hall–Kier alpha value is -1.22. The highest BCUT2D eigenvalue weighted by Gasteiger charge is 2.12. The van der Waals surface area contributed by atoms with Crippen molar-refractivity contribution in [1.29, 1.82) is 0 Å². The second-order valence-electron chi connectivity index (χ2n) is 6.65. The summed E-state index contributed by atoms with van der Waals surface area (Å²) in [4.78, 5) is 4.22. The normalized spacial score (nSPS) is 15.6. The third-order valence-corrected chi connectivity index (χ3v) is 4.75. The van der Waals surface area contributed by atoms with Crippen molar-refractivity contribution in [2.45, 2.75) is 51.0 Å². The van der Waals surface area contributed by atoms with Gasteiger partial charge in [0, 0.05) is 26.2 Å². The first-order valence-electron chi connectivity index (χ1n) is 9.65. The largest absolute Gasteiger partial charge is 0.508 e. The first-order chi connectivity index (χ1) is 12.7. The lowest BCUT2D eigenvalue weighted by atomic mass is 10.1. The van der Waals surface area contributed by atoms with Gasteiger partial charge in [0.25, 0.3) is 0 Å². The van der Waals surface area contributed by atoms with Gasteiger partial charge >= 0.3 is 0 Å². The van der Waals surface area contributed by atoms with E-state index >= 15 is 0 Å². The van der Waals surface area contributed by atoms with Crippen molar-refractivity contribution in [2.24, 2.45) is 4.99 Å². The van der Waals surface area contributed by atoms with Gasteiger partial charge in [0.2, 0.25) is 0 Å². The van der Waals surface area contributed by atoms with Crippen LogP contribution in [0.1, 0.15) is 44.1 Å². The van der Waals surface area contributed by atoms with Gasteiger partial charge in [0.05, 0.1) is 19.8 Å². The highest BCUT2D eigenvalue weighted by atomic mass is 127. The first-order valence-corrected chi connectivity index (χ1v) is 9.65. The molecule has 1 fully saturated rings. The quantitative estimate of drug-likeness (QED) is 0.171. The van der Waals surface area contributed by atoms with Gasteiger partial charge in [-0.3, -0.25) is 4.99 Å². The maximum atomic E-state index is 9.99. The summed E-state index contributed by atoms with van der Waals surface area (Å²) in [5.74, 6) is 1.67. The number of guanidine groups is 1. The second kappa shape index (κ2) is 13.9. The zero-order valence-corrected chi connectivity index (χ0v) is 18.8. The van der Waals surface area contributed by atoms with Crippen LogP contribution in [0.15, 0.2) is 23.2 Å². The molecule has 0 aliphatic heterocycles. The number of halogens is 1. The molecule has 0 amide bonds. The third kappa shape index (κ3) is 9.01. The van der Waals surface area contributed by atoms with E-state index in [0.29, 0.717) is 31.4 Å². The number of ether oxygens (including phenoxy) is 2. The molecule has 0 aromatic heterocycles. The summed E-state index contributed by atoms with van der Waals surface area (Å²) in [6, 6.07) is 5.37. The summed E-state index contributed by atoms with van der Waals surface area (Å²) < 4.78 is 11.1. The molecule has 2 rings (SSSR count). The van der Waals surface area contributed by atoms with E-state index in [2.05, 4.69) is 15.6 Å². The summed E-state index contributed by atoms with van der Waals surface area (Å²) in [6.45, 7) is 2.12. The molecule has 154 valence electrons. The molecule has 3 N–H and O–H groups in total. The summed E-state index contributed by atoms with van der Waals surface area (Å²) >= 11 is 0. The first kappa shape index (κ1) is 23.8. The number of phenols is 1. The molecule has 0 spiro atoms. The molecule has 6 nitrogen and oxygen atoms in total. The van der Waals surface area contributed by atoms with E-state index in [1.165, 1.54) is 38.5 Å². The molecule has 1 aromatic carbocycles. The molecule has 0 heterocycles. The number of rotatable bonds is 8. The molecule has 0 atom stereocenters. The van der Waals surface area contributed by atoms with Gasteiger partial charge in [-0.05, 0) is 30.9 Å². The van der Waals surface area contributed by atoms with Crippen molar-refractivity contribution in [1.82, 2.24) is 10.6 Å². The van der Waals surface area contributed by atoms with Crippen molar-refractivity contribution in [2.75, 3.05) is 33.9 Å². The van der Waals surface area contributed by atoms with Gasteiger partial charge < -0.3 is 25.2 Å². The number of methoxy groups -OCH3 is 1. The van der Waals surface area contributed by atoms with Crippen molar-refractivity contribution in [3.8, 4) is 11.5 Å². The maximum absolute atomic E-state index is 9.99. The summed E-state index contributed by atoms with van der Waals surface area (Å²) in [6.07, 6.45) is 8.79. The van der Waals surface area contributed by atoms with E-state index < -0.39 is 0 Å². The highest BCUT2D eigenvalue weighted by molar-refractivity contribution is 14.0. The van der Waals surface area contributed by atoms with Crippen LogP contribution in [0, 0.1) is 0 Å². The molecule has 27 heavy (non-hydrogen) atoms. The van der Waals surface area contributed by atoms with Crippen LogP contribution in [0.2, 0.25) is 0 Å². The Morgan fingerprint density at radius 2 is 1.85 bits per heavy atom. The van der Waals surface area contributed by atoms with E-state index in [9.17, 15) is 5.11 Å². The fraction of sp³-hybridized carbons (Fsp3) is 0.650. The zero-order chi connectivity index (χ0) is 18.6. The van der Waals surface area contributed by atoms with Gasteiger partial charge in [0.15, 0.2) is 5.96 Å². The van der Waals surface area contributed by atoms with E-state index in [1.54, 1.807) is 20.2 Å². The fourth-order valence-electron chi connectivity index (χ4n) is 3.22. The van der Waals surface area contributed by atoms with Gasteiger partial charge in [-0.25, -0.2) is 0 Å². The van der Waals surface area contributed by atoms with E-state index in [4.69, 9.17) is 9.47 Å². The standard InChI is InChI=1S/C20H33N3O3.HI/c1-21-20(23-13-14-26-17-7-5-3-4-6-8-17)22-12-11-16-9-10-18(25-2)15-19(16)24;/h9-10,15,17,24H,3-8,11-14H2,1-2H3,(H2,21,22,23);1H. The average Bonchev–Trinajstić information content (AvgIpc) is 2.93. The van der Waals surface area contributed by atoms with Gasteiger partial charge in [-0.15, -0.1) is 24.0 Å². The third-order valence-electron chi connectivity index (χ3n) is 4.75. The molecule has 0 bridgehead atoms. The molecule has 0 unspecified atom stereocenters. The lowest BCUT2D eigenvalue weighted by Gasteiger charge is -2.17. The van der Waals surface area contributed by atoms with Crippen LogP contribution in [-0.4, -0.2) is 51.0 Å². The van der Waals surface area contributed by atoms with Crippen LogP contribution in [-0.2, 0) is 11.2 Å². The number of hydrogen-bond acceptors (Lipinski definition) is 4. The van der Waals surface area contributed by atoms with Gasteiger partial charge in [-0.2, -0.15) is 0 Å². The zero-order valence-electron chi connectivity index (χ0n) is 16.5. The molecule has 7 heteroatoms. The Bertz CT molecular complexity index is 561. The topological polar surface area (TPSA) is 75.1 Å². The smallest absolute Gasteiger partial charge is 0.191 e. The number of phenolic OH excluding ortho intramolecular Hbond substituents is 1. The van der Waals surface area contributed by atoms with Gasteiger partial charge in [0.1, 0.15) is 11.5 Å². The Labute approximate surface area is 180 Å². The molecule has 1 aliphatic carbocycles. The summed E-state index contributed by atoms with van der Waals surface area (Å²) in [7, 11) is 3.34. The summed E-state index contributed by atoms with van der Waals surface area (Å²) in [5.41, 5.74) is 0.880. The van der Waals surface area contributed by atoms with Crippen molar-refractivity contribution < 1.29 is 14.6 Å². The fourth-order valence-corrected chi connectivity index (χ4v) is 3.22. The van der Waals surface area contributed by atoms with E-state index in [1.807, 2.05) is 12.1 Å². The minimum absolute atomic E-state index is 0. The predicted octanol–water partition coefficient (Wildman–Crippen LogP) is 3.47. The van der Waals surface area contributed by atoms with Crippen molar-refractivity contribution in [3.05, 3.63) is 23.8 Å². The minimum atomic E-state index is 0. The molecule has 1 aliphatic rings. The molecular formula is C20H34IN3O3. The van der Waals surface area contributed by atoms with Crippen molar-refractivity contribution in [3.63, 3.8) is 0 Å². The van der Waals surface area contributed by atoms with Crippen LogP contribution in [0.4, 0.5) is 0 Å². The Kier molecular flexibility index (Phi) is 12.2. The Morgan fingerprint density at radius 3 is 2.48 bits per heavy atom. The van der Waals surface area contributed by atoms with E-state index in [0.717, 1.165) is 18.1 Å². The number of nitrogens with zero attached hydrogens (tertiary/aromatic N) is 1. The minimum Gasteiger partial charge on any atom is -0.508 e. The number of aliphatic imine (C=N–C) groups is 1. The maximum Gasteiger partial charge on any atom is 0.191 e. The monoisotopic (exact) mass is 491 g/mol. The molecule has 0 radical (unpaired) electrons. The second-order valence-corrected chi connectivity index (χ2v) is 6.65. The van der Waals surface area contributed by atoms with Crippen LogP contribution < -0.4 is 15.4 Å². The number of nitrogens with one attached hydrogen (secondary N) is 2. The van der Waals surface area contributed by atoms with Crippen LogP contribution in [0.3, 0.4) is 0 Å². The Morgan fingerprint density at radius 1 is 1.15 bits per heavy atom. The highest BCUT2D eigenvalue weighted by Crippen LogP contribution is 2.23. The lowest BCUT2D eigenvalue weighted by Crippen LogP contribution is -2.40. The molecule has 0 saturated heterocycles. The SMILES string of the molecule is CN=C(NCCOC1CCCCCC1)NCCc1ccc(OC)cc1O.I. The van der Waals surface area contributed by atoms with Gasteiger partial charge in [-0.1, -0.05) is 31.7 Å². The van der Waals surface area contributed by atoms with Crippen LogP contribution in [0.5, 0.6) is 11.5 Å². The predicted molar refractivity (Wildman–Crippen MR) is 121 cm³/mol. The number of benzene rings is 1. The molecular weight excluding hydrogens is 457 g/mol. The average molecular weight is 491 g/mol. The lowest BCUT2D eigenvalue weighted by molar-refractivity contribution is 0.0468. The van der Waals surface area contributed by atoms with Crippen LogP contribution >= 0.6 is 24.0 Å². The number of aromatic hydroxyl groups is 1. The summed E-state index contributed by atoms with van der Waals surface area (Å²) in [5, 5.41) is 16.5. The molecule has 1 saturated carbocycles.